The van der Waals surface area contributed by atoms with Crippen molar-refractivity contribution in [2.24, 2.45) is 0 Å². The van der Waals surface area contributed by atoms with Crippen LogP contribution in [0.3, 0.4) is 0 Å². The van der Waals surface area contributed by atoms with Gasteiger partial charge >= 0.3 is 0 Å². The first-order chi connectivity index (χ1) is 12.8. The Labute approximate surface area is 159 Å². The molecule has 0 aromatic heterocycles. The minimum Gasteiger partial charge on any atom is -0.282 e. The molecule has 0 aliphatic carbocycles. The second kappa shape index (κ2) is 7.77. The molecule has 3 rings (SSSR count). The normalized spacial score (nSPS) is 17.4. The van der Waals surface area contributed by atoms with Crippen LogP contribution in [0.4, 0.5) is 4.39 Å². The van der Waals surface area contributed by atoms with Gasteiger partial charge in [0, 0.05) is 26.2 Å². The highest BCUT2D eigenvalue weighted by atomic mass is 32.2. The second-order valence-electron chi connectivity index (χ2n) is 6.79. The van der Waals surface area contributed by atoms with Crippen LogP contribution in [-0.2, 0) is 10.0 Å². The van der Waals surface area contributed by atoms with Crippen LogP contribution in [0.15, 0.2) is 47.4 Å². The zero-order valence-corrected chi connectivity index (χ0v) is 16.2. The minimum absolute atomic E-state index is 0.315. The average Bonchev–Trinajstić information content (AvgIpc) is 2.66. The number of halogens is 1. The van der Waals surface area contributed by atoms with Gasteiger partial charge in [0.25, 0.3) is 0 Å². The van der Waals surface area contributed by atoms with Crippen molar-refractivity contribution in [2.45, 2.75) is 24.8 Å². The fraction of sp³-hybridized carbons (Fsp3) is 0.350. The molecule has 0 N–H and O–H groups in total. The fourth-order valence-electron chi connectivity index (χ4n) is 3.34. The Bertz CT molecular complexity index is 960. The Morgan fingerprint density at radius 3 is 2.26 bits per heavy atom. The molecule has 5 nitrogen and oxygen atoms in total. The SMILES string of the molecule is Cc1ccc(C)c(S(=O)(=O)N2CCN(C(C#N)c3ccc(F)cc3)CC2)c1. The van der Waals surface area contributed by atoms with Gasteiger partial charge in [0.1, 0.15) is 11.9 Å². The number of rotatable bonds is 4. The number of nitriles is 1. The Morgan fingerprint density at radius 1 is 1.04 bits per heavy atom. The maximum absolute atomic E-state index is 13.1. The van der Waals surface area contributed by atoms with Crippen molar-refractivity contribution in [2.75, 3.05) is 26.2 Å². The number of aryl methyl sites for hydroxylation is 2. The van der Waals surface area contributed by atoms with Gasteiger partial charge in [-0.15, -0.1) is 0 Å². The van der Waals surface area contributed by atoms with Crippen LogP contribution in [0.2, 0.25) is 0 Å². The summed E-state index contributed by atoms with van der Waals surface area (Å²) in [5, 5.41) is 9.55. The first-order valence-electron chi connectivity index (χ1n) is 8.79. The fourth-order valence-corrected chi connectivity index (χ4v) is 5.07. The third kappa shape index (κ3) is 4.03. The Hall–Kier alpha value is -2.27. The summed E-state index contributed by atoms with van der Waals surface area (Å²) in [6.45, 7) is 5.18. The molecule has 0 amide bonds. The summed E-state index contributed by atoms with van der Waals surface area (Å²) in [6, 6.07) is 13.0. The molecular formula is C20H22FN3O2S. The highest BCUT2D eigenvalue weighted by molar-refractivity contribution is 7.89. The van der Waals surface area contributed by atoms with E-state index in [4.69, 9.17) is 0 Å². The molecule has 1 unspecified atom stereocenters. The van der Waals surface area contributed by atoms with Crippen LogP contribution in [0.1, 0.15) is 22.7 Å². The number of piperazine rings is 1. The molecule has 1 aliphatic heterocycles. The summed E-state index contributed by atoms with van der Waals surface area (Å²) >= 11 is 0. The van der Waals surface area contributed by atoms with Crippen molar-refractivity contribution in [1.29, 1.82) is 5.26 Å². The maximum atomic E-state index is 13.1. The Balaban J connectivity index is 1.75. The predicted molar refractivity (Wildman–Crippen MR) is 101 cm³/mol. The molecule has 2 aromatic rings. The lowest BCUT2D eigenvalue weighted by atomic mass is 10.1. The lowest BCUT2D eigenvalue weighted by Crippen LogP contribution is -2.49. The second-order valence-corrected chi connectivity index (χ2v) is 8.70. The van der Waals surface area contributed by atoms with Gasteiger partial charge in [-0.05, 0) is 48.7 Å². The first-order valence-corrected chi connectivity index (χ1v) is 10.2. The molecule has 142 valence electrons. The number of nitrogens with zero attached hydrogens (tertiary/aromatic N) is 3. The van der Waals surface area contributed by atoms with Gasteiger partial charge in [-0.25, -0.2) is 12.8 Å². The average molecular weight is 387 g/mol. The predicted octanol–water partition coefficient (Wildman–Crippen LogP) is 3.01. The quantitative estimate of drug-likeness (QED) is 0.809. The van der Waals surface area contributed by atoms with Crippen LogP contribution in [0.5, 0.6) is 0 Å². The standard InChI is InChI=1S/C20H22FN3O2S/c1-15-3-4-16(2)20(13-15)27(25,26)24-11-9-23(10-12-24)19(14-22)17-5-7-18(21)8-6-17/h3-8,13,19H,9-12H2,1-2H3. The van der Waals surface area contributed by atoms with E-state index in [1.807, 2.05) is 24.0 Å². The lowest BCUT2D eigenvalue weighted by molar-refractivity contribution is 0.162. The van der Waals surface area contributed by atoms with E-state index < -0.39 is 16.1 Å². The summed E-state index contributed by atoms with van der Waals surface area (Å²) in [5.41, 5.74) is 2.34. The Morgan fingerprint density at radius 2 is 1.67 bits per heavy atom. The maximum Gasteiger partial charge on any atom is 0.243 e. The van der Waals surface area contributed by atoms with E-state index in [2.05, 4.69) is 6.07 Å². The van der Waals surface area contributed by atoms with Gasteiger partial charge in [0.15, 0.2) is 0 Å². The zero-order valence-electron chi connectivity index (χ0n) is 15.4. The number of hydrogen-bond acceptors (Lipinski definition) is 4. The topological polar surface area (TPSA) is 64.4 Å². The molecule has 1 aliphatic rings. The van der Waals surface area contributed by atoms with Crippen LogP contribution in [0.25, 0.3) is 0 Å². The van der Waals surface area contributed by atoms with Crippen LogP contribution in [-0.4, -0.2) is 43.8 Å². The van der Waals surface area contributed by atoms with Gasteiger partial charge in [-0.1, -0.05) is 24.3 Å². The van der Waals surface area contributed by atoms with E-state index in [9.17, 15) is 18.1 Å². The van der Waals surface area contributed by atoms with Gasteiger partial charge in [0.2, 0.25) is 10.0 Å². The molecule has 27 heavy (non-hydrogen) atoms. The molecule has 0 saturated carbocycles. The molecule has 0 radical (unpaired) electrons. The van der Waals surface area contributed by atoms with Crippen LogP contribution in [0, 0.1) is 31.0 Å². The monoisotopic (exact) mass is 387 g/mol. The Kier molecular flexibility index (Phi) is 5.61. The number of sulfonamides is 1. The smallest absolute Gasteiger partial charge is 0.243 e. The van der Waals surface area contributed by atoms with E-state index >= 15 is 0 Å². The summed E-state index contributed by atoms with van der Waals surface area (Å²) in [6.07, 6.45) is 0. The summed E-state index contributed by atoms with van der Waals surface area (Å²) in [7, 11) is -3.57. The van der Waals surface area contributed by atoms with Crippen molar-refractivity contribution in [3.8, 4) is 6.07 Å². The third-order valence-corrected chi connectivity index (χ3v) is 6.95. The molecular weight excluding hydrogens is 365 g/mol. The van der Waals surface area contributed by atoms with Crippen molar-refractivity contribution in [1.82, 2.24) is 9.21 Å². The zero-order chi connectivity index (χ0) is 19.6. The molecule has 0 spiro atoms. The van der Waals surface area contributed by atoms with E-state index in [1.54, 1.807) is 25.1 Å². The molecule has 1 atom stereocenters. The summed E-state index contributed by atoms with van der Waals surface area (Å²) in [5.74, 6) is -0.347. The summed E-state index contributed by atoms with van der Waals surface area (Å²) < 4.78 is 40.6. The highest BCUT2D eigenvalue weighted by Gasteiger charge is 2.32. The van der Waals surface area contributed by atoms with Crippen molar-refractivity contribution in [3.05, 3.63) is 65.0 Å². The van der Waals surface area contributed by atoms with Gasteiger partial charge in [-0.2, -0.15) is 9.57 Å². The largest absolute Gasteiger partial charge is 0.282 e. The number of benzene rings is 2. The van der Waals surface area contributed by atoms with Gasteiger partial charge < -0.3 is 0 Å². The van der Waals surface area contributed by atoms with Crippen molar-refractivity contribution >= 4 is 10.0 Å². The van der Waals surface area contributed by atoms with E-state index in [1.165, 1.54) is 16.4 Å². The molecule has 1 fully saturated rings. The number of hydrogen-bond donors (Lipinski definition) is 0. The van der Waals surface area contributed by atoms with Crippen LogP contribution < -0.4 is 0 Å². The first kappa shape index (κ1) is 19.5. The minimum atomic E-state index is -3.57. The molecule has 1 heterocycles. The van der Waals surface area contributed by atoms with Crippen molar-refractivity contribution < 1.29 is 12.8 Å². The molecule has 7 heteroatoms. The van der Waals surface area contributed by atoms with Gasteiger partial charge in [-0.3, -0.25) is 4.90 Å². The third-order valence-electron chi connectivity index (χ3n) is 4.91. The van der Waals surface area contributed by atoms with E-state index in [0.29, 0.717) is 36.6 Å². The lowest BCUT2D eigenvalue weighted by Gasteiger charge is -2.36. The summed E-state index contributed by atoms with van der Waals surface area (Å²) in [4.78, 5) is 2.27. The molecule has 1 saturated heterocycles. The molecule has 2 aromatic carbocycles. The molecule has 0 bridgehead atoms. The highest BCUT2D eigenvalue weighted by Crippen LogP contribution is 2.26. The van der Waals surface area contributed by atoms with E-state index in [-0.39, 0.29) is 5.82 Å². The van der Waals surface area contributed by atoms with Gasteiger partial charge in [0.05, 0.1) is 11.0 Å². The van der Waals surface area contributed by atoms with Crippen LogP contribution >= 0.6 is 0 Å². The van der Waals surface area contributed by atoms with E-state index in [0.717, 1.165) is 11.1 Å². The van der Waals surface area contributed by atoms with Crippen molar-refractivity contribution in [3.63, 3.8) is 0 Å².